The van der Waals surface area contributed by atoms with Gasteiger partial charge in [0.25, 0.3) is 0 Å². The number of aromatic nitrogens is 2. The topological polar surface area (TPSA) is 112 Å². The van der Waals surface area contributed by atoms with Crippen LogP contribution in [-0.2, 0) is 10.0 Å². The van der Waals surface area contributed by atoms with E-state index in [-0.39, 0.29) is 10.9 Å². The molecule has 0 atom stereocenters. The van der Waals surface area contributed by atoms with E-state index < -0.39 is 10.0 Å². The Hall–Kier alpha value is -3.17. The first-order chi connectivity index (χ1) is 16.3. The lowest BCUT2D eigenvalue weighted by Crippen LogP contribution is -2.46. The summed E-state index contributed by atoms with van der Waals surface area (Å²) in [7, 11) is -1.86. The Balaban J connectivity index is 1.39. The van der Waals surface area contributed by atoms with Crippen molar-refractivity contribution in [3.63, 3.8) is 0 Å². The van der Waals surface area contributed by atoms with Crippen molar-refractivity contribution in [2.45, 2.75) is 43.0 Å². The van der Waals surface area contributed by atoms with Crippen molar-refractivity contribution < 1.29 is 13.2 Å². The van der Waals surface area contributed by atoms with Crippen molar-refractivity contribution >= 4 is 32.7 Å². The zero-order valence-electron chi connectivity index (χ0n) is 19.2. The van der Waals surface area contributed by atoms with E-state index in [1.807, 2.05) is 35.2 Å². The van der Waals surface area contributed by atoms with Gasteiger partial charge < -0.3 is 14.8 Å². The molecule has 1 aliphatic carbocycles. The molecule has 0 radical (unpaired) electrons. The number of sulfonamides is 1. The van der Waals surface area contributed by atoms with Crippen LogP contribution < -0.4 is 5.14 Å². The van der Waals surface area contributed by atoms with E-state index in [1.54, 1.807) is 18.3 Å². The first kappa shape index (κ1) is 22.6. The molecule has 0 unspecified atom stereocenters. The van der Waals surface area contributed by atoms with E-state index in [1.165, 1.54) is 24.5 Å². The van der Waals surface area contributed by atoms with Crippen molar-refractivity contribution in [2.75, 3.05) is 20.1 Å². The Morgan fingerprint density at radius 2 is 2.00 bits per heavy atom. The summed E-state index contributed by atoms with van der Waals surface area (Å²) in [6, 6.07) is 9.06. The van der Waals surface area contributed by atoms with Crippen LogP contribution in [0.1, 0.15) is 37.7 Å². The molecule has 0 saturated heterocycles. The van der Waals surface area contributed by atoms with Crippen molar-refractivity contribution in [1.29, 1.82) is 0 Å². The van der Waals surface area contributed by atoms with Crippen molar-refractivity contribution in [1.82, 2.24) is 19.8 Å². The van der Waals surface area contributed by atoms with Crippen molar-refractivity contribution in [2.24, 2.45) is 5.14 Å². The number of hydrogen-bond acceptors (Lipinski definition) is 4. The second-order valence-corrected chi connectivity index (χ2v) is 10.7. The molecule has 3 aromatic rings. The number of primary sulfonamides is 1. The number of hydrogen-bond donors (Lipinski definition) is 2. The molecule has 2 aromatic heterocycles. The average molecular weight is 480 g/mol. The third kappa shape index (κ3) is 4.33. The first-order valence-electron chi connectivity index (χ1n) is 11.6. The summed E-state index contributed by atoms with van der Waals surface area (Å²) >= 11 is 0. The number of nitrogens with two attached hydrogens (primary N) is 1. The highest BCUT2D eigenvalue weighted by Gasteiger charge is 2.28. The standard InChI is InChI=1S/C25H29N5O3S/c1-29(20-6-2-3-7-20)25(31)30-11-9-17(10-12-30)23-16-28-24-22(23)14-19(15-27-24)18-5-4-8-21(13-18)34(26,32)33/h4-5,8-9,13-16,20H,2-3,6-7,10-12H2,1H3,(H,27,28)(H2,26,32,33). The maximum absolute atomic E-state index is 12.9. The highest BCUT2D eigenvalue weighted by Crippen LogP contribution is 2.32. The first-order valence-corrected chi connectivity index (χ1v) is 13.2. The fourth-order valence-corrected chi connectivity index (χ4v) is 5.60. The van der Waals surface area contributed by atoms with Gasteiger partial charge in [-0.2, -0.15) is 0 Å². The fraction of sp³-hybridized carbons (Fsp3) is 0.360. The summed E-state index contributed by atoms with van der Waals surface area (Å²) in [4.78, 5) is 24.6. The van der Waals surface area contributed by atoms with Gasteiger partial charge in [0.05, 0.1) is 4.90 Å². The molecule has 2 aliphatic rings. The highest BCUT2D eigenvalue weighted by molar-refractivity contribution is 7.89. The van der Waals surface area contributed by atoms with Gasteiger partial charge in [-0.15, -0.1) is 0 Å². The highest BCUT2D eigenvalue weighted by atomic mass is 32.2. The third-order valence-corrected chi connectivity index (χ3v) is 7.94. The van der Waals surface area contributed by atoms with Crippen LogP contribution in [0.2, 0.25) is 0 Å². The molecule has 3 N–H and O–H groups in total. The van der Waals surface area contributed by atoms with Gasteiger partial charge in [-0.05, 0) is 48.6 Å². The smallest absolute Gasteiger partial charge is 0.320 e. The summed E-state index contributed by atoms with van der Waals surface area (Å²) in [6.45, 7) is 1.26. The monoisotopic (exact) mass is 479 g/mol. The number of nitrogens with one attached hydrogen (secondary N) is 1. The van der Waals surface area contributed by atoms with Gasteiger partial charge in [-0.1, -0.05) is 31.1 Å². The Morgan fingerprint density at radius 3 is 2.71 bits per heavy atom. The summed E-state index contributed by atoms with van der Waals surface area (Å²) < 4.78 is 23.5. The molecule has 1 fully saturated rings. The number of aromatic amines is 1. The van der Waals surface area contributed by atoms with E-state index in [0.29, 0.717) is 19.1 Å². The number of nitrogens with zero attached hydrogens (tertiary/aromatic N) is 3. The number of carbonyl (C=O) groups is 1. The molecule has 3 heterocycles. The number of H-pyrrole nitrogens is 1. The minimum Gasteiger partial charge on any atom is -0.346 e. The van der Waals surface area contributed by atoms with E-state index in [9.17, 15) is 13.2 Å². The van der Waals surface area contributed by atoms with E-state index in [4.69, 9.17) is 5.14 Å². The van der Waals surface area contributed by atoms with Gasteiger partial charge in [-0.25, -0.2) is 23.3 Å². The Bertz CT molecular complexity index is 1370. The number of pyridine rings is 1. The normalized spacial score (nSPS) is 17.2. The Morgan fingerprint density at radius 1 is 1.21 bits per heavy atom. The van der Waals surface area contributed by atoms with E-state index in [2.05, 4.69) is 16.0 Å². The van der Waals surface area contributed by atoms with Crippen molar-refractivity contribution in [3.8, 4) is 11.1 Å². The summed E-state index contributed by atoms with van der Waals surface area (Å²) in [6.07, 6.45) is 11.2. The van der Waals surface area contributed by atoms with Gasteiger partial charge in [-0.3, -0.25) is 0 Å². The van der Waals surface area contributed by atoms with Crippen LogP contribution in [0.15, 0.2) is 53.7 Å². The molecule has 0 spiro atoms. The van der Waals surface area contributed by atoms with Crippen LogP contribution in [0.4, 0.5) is 4.79 Å². The van der Waals surface area contributed by atoms with E-state index >= 15 is 0 Å². The molecule has 5 rings (SSSR count). The summed E-state index contributed by atoms with van der Waals surface area (Å²) in [5, 5.41) is 6.26. The van der Waals surface area contributed by atoms with Crippen LogP contribution in [-0.4, -0.2) is 60.4 Å². The quantitative estimate of drug-likeness (QED) is 0.590. The molecule has 9 heteroatoms. The van der Waals surface area contributed by atoms with Crippen LogP contribution in [0.25, 0.3) is 27.7 Å². The van der Waals surface area contributed by atoms with E-state index in [0.717, 1.165) is 47.0 Å². The van der Waals surface area contributed by atoms with Crippen molar-refractivity contribution in [3.05, 3.63) is 54.4 Å². The number of fused-ring (bicyclic) bond motifs is 1. The molecule has 8 nitrogen and oxygen atoms in total. The lowest BCUT2D eigenvalue weighted by molar-refractivity contribution is 0.151. The molecule has 1 aromatic carbocycles. The number of carbonyl (C=O) groups excluding carboxylic acids is 1. The summed E-state index contributed by atoms with van der Waals surface area (Å²) in [5.74, 6) is 0. The molecular formula is C25H29N5O3S. The number of amides is 2. The van der Waals surface area contributed by atoms with Crippen LogP contribution in [0.5, 0.6) is 0 Å². The van der Waals surface area contributed by atoms with Gasteiger partial charge in [0.1, 0.15) is 5.65 Å². The lowest BCUT2D eigenvalue weighted by Gasteiger charge is -2.33. The second kappa shape index (κ2) is 8.88. The molecule has 178 valence electrons. The predicted molar refractivity (Wildman–Crippen MR) is 132 cm³/mol. The minimum atomic E-state index is -3.79. The number of rotatable bonds is 4. The van der Waals surface area contributed by atoms with Gasteiger partial charge in [0, 0.05) is 55.1 Å². The fourth-order valence-electron chi connectivity index (χ4n) is 5.04. The number of benzene rings is 1. The Kier molecular flexibility index (Phi) is 5.91. The SMILES string of the molecule is CN(C(=O)N1CC=C(c2c[nH]c3ncc(-c4cccc(S(N)(=O)=O)c4)cc23)CC1)C1CCCC1. The molecule has 0 bridgehead atoms. The number of urea groups is 1. The second-order valence-electron chi connectivity index (χ2n) is 9.15. The molecular weight excluding hydrogens is 450 g/mol. The molecule has 34 heavy (non-hydrogen) atoms. The maximum Gasteiger partial charge on any atom is 0.320 e. The zero-order chi connectivity index (χ0) is 23.9. The maximum atomic E-state index is 12.9. The molecule has 1 saturated carbocycles. The zero-order valence-corrected chi connectivity index (χ0v) is 20.0. The Labute approximate surface area is 199 Å². The summed E-state index contributed by atoms with van der Waals surface area (Å²) in [5.41, 5.74) is 4.55. The van der Waals surface area contributed by atoms with Gasteiger partial charge >= 0.3 is 6.03 Å². The largest absolute Gasteiger partial charge is 0.346 e. The van der Waals surface area contributed by atoms with Crippen LogP contribution >= 0.6 is 0 Å². The van der Waals surface area contributed by atoms with Gasteiger partial charge in [0.2, 0.25) is 10.0 Å². The lowest BCUT2D eigenvalue weighted by atomic mass is 9.98. The van der Waals surface area contributed by atoms with Crippen LogP contribution in [0.3, 0.4) is 0 Å². The van der Waals surface area contributed by atoms with Gasteiger partial charge in [0.15, 0.2) is 0 Å². The molecule has 2 amide bonds. The average Bonchev–Trinajstić information content (AvgIpc) is 3.53. The molecule has 1 aliphatic heterocycles. The van der Waals surface area contributed by atoms with Crippen LogP contribution in [0, 0.1) is 0 Å². The predicted octanol–water partition coefficient (Wildman–Crippen LogP) is 3.96. The third-order valence-electron chi connectivity index (χ3n) is 7.03. The minimum absolute atomic E-state index is 0.0710.